The molecule has 0 aliphatic rings. The summed E-state index contributed by atoms with van der Waals surface area (Å²) in [6, 6.07) is 21.5. The smallest absolute Gasteiger partial charge is 0.0111 e. The number of rotatable bonds is 2. The third-order valence-electron chi connectivity index (χ3n) is 3.54. The summed E-state index contributed by atoms with van der Waals surface area (Å²) in [4.78, 5) is 0. The molecule has 122 valence electrons. The molecule has 0 saturated carbocycles. The average molecular weight is 316 g/mol. The van der Waals surface area contributed by atoms with Gasteiger partial charge in [0.25, 0.3) is 0 Å². The Morgan fingerprint density at radius 1 is 0.636 bits per heavy atom. The van der Waals surface area contributed by atoms with Crippen LogP contribution in [-0.2, 0) is 0 Å². The first-order chi connectivity index (χ1) is 10.5. The van der Waals surface area contributed by atoms with Gasteiger partial charge in [-0.1, -0.05) is 122 Å². The zero-order valence-electron chi connectivity index (χ0n) is 15.4. The molecule has 0 spiro atoms. The Kier molecular flexibility index (Phi) is 9.14. The third-order valence-corrected chi connectivity index (χ3v) is 8.19. The van der Waals surface area contributed by atoms with Gasteiger partial charge in [-0.15, -0.1) is 0 Å². The van der Waals surface area contributed by atoms with Crippen LogP contribution in [0.5, 0.6) is 0 Å². The van der Waals surface area contributed by atoms with E-state index in [9.17, 15) is 0 Å². The Morgan fingerprint density at radius 2 is 0.909 bits per heavy atom. The maximum Gasteiger partial charge on any atom is -0.0111 e. The van der Waals surface area contributed by atoms with Crippen LogP contribution in [-0.4, -0.2) is 11.5 Å². The van der Waals surface area contributed by atoms with Crippen LogP contribution < -0.4 is 10.6 Å². The summed E-state index contributed by atoms with van der Waals surface area (Å²) in [5.41, 5.74) is 0. The van der Waals surface area contributed by atoms with E-state index < -0.39 is 6.89 Å². The number of hydrogen-bond donors (Lipinski definition) is 0. The van der Waals surface area contributed by atoms with Gasteiger partial charge >= 0.3 is 0 Å². The quantitative estimate of drug-likeness (QED) is 0.602. The molecule has 0 aliphatic carbocycles. The first-order valence-corrected chi connectivity index (χ1v) is 10.3. The molecule has 0 radical (unpaired) electrons. The third kappa shape index (κ3) is 4.62. The first kappa shape index (κ1) is 20.7. The van der Waals surface area contributed by atoms with E-state index in [1.165, 1.54) is 10.6 Å². The molecule has 2 rings (SSSR count). The molecule has 0 fully saturated rings. The van der Waals surface area contributed by atoms with Crippen molar-refractivity contribution in [3.63, 3.8) is 0 Å². The van der Waals surface area contributed by atoms with Crippen LogP contribution in [0.25, 0.3) is 0 Å². The first-order valence-electron chi connectivity index (χ1n) is 8.31. The fraction of sp³-hybridized carbons (Fsp3) is 0.381. The summed E-state index contributed by atoms with van der Waals surface area (Å²) in [6.45, 7) is 13.3. The van der Waals surface area contributed by atoms with E-state index in [2.05, 4.69) is 81.4 Å². The largest absolute Gasteiger partial charge is 0.0922 e. The minimum atomic E-state index is -1.61. The Hall–Kier alpha value is -1.26. The number of hydrogen-bond acceptors (Lipinski definition) is 0. The van der Waals surface area contributed by atoms with Crippen LogP contribution in [0.4, 0.5) is 0 Å². The Balaban J connectivity index is 0.00000102. The van der Waals surface area contributed by atoms with Gasteiger partial charge in [-0.3, -0.25) is 0 Å². The maximum atomic E-state index is 4.69. The van der Waals surface area contributed by atoms with E-state index in [-0.39, 0.29) is 5.16 Å². The fourth-order valence-electron chi connectivity index (χ4n) is 2.29. The summed E-state index contributed by atoms with van der Waals surface area (Å²) >= 11 is 0. The molecule has 0 N–H and O–H groups in total. The molecule has 22 heavy (non-hydrogen) atoms. The second-order valence-corrected chi connectivity index (χ2v) is 9.65. The van der Waals surface area contributed by atoms with Crippen molar-refractivity contribution in [2.75, 3.05) is 0 Å². The van der Waals surface area contributed by atoms with Crippen LogP contribution in [0.2, 0.25) is 0 Å². The van der Waals surface area contributed by atoms with E-state index in [0.29, 0.717) is 0 Å². The monoisotopic (exact) mass is 316 g/mol. The molecule has 2 aromatic carbocycles. The lowest BCUT2D eigenvalue weighted by Gasteiger charge is -2.38. The van der Waals surface area contributed by atoms with Crippen LogP contribution in [0.15, 0.2) is 60.7 Å². The highest BCUT2D eigenvalue weighted by molar-refractivity contribution is 7.88. The second-order valence-electron chi connectivity index (χ2n) is 5.65. The van der Waals surface area contributed by atoms with E-state index in [1.807, 2.05) is 27.7 Å². The van der Waals surface area contributed by atoms with Crippen LogP contribution in [0.1, 0.15) is 48.5 Å². The van der Waals surface area contributed by atoms with E-state index in [0.717, 1.165) is 0 Å². The highest BCUT2D eigenvalue weighted by atomic mass is 31.2. The van der Waals surface area contributed by atoms with Crippen molar-refractivity contribution in [3.8, 4) is 0 Å². The van der Waals surface area contributed by atoms with Gasteiger partial charge in [-0.25, -0.2) is 0 Å². The highest BCUT2D eigenvalue weighted by Gasteiger charge is 2.32. The Morgan fingerprint density at radius 3 is 1.14 bits per heavy atom. The van der Waals surface area contributed by atoms with Gasteiger partial charge in [0.05, 0.1) is 0 Å². The molecule has 1 heteroatoms. The summed E-state index contributed by atoms with van der Waals surface area (Å²) in [7, 11) is 0. The molecule has 2 aromatic rings. The number of benzene rings is 2. The SMILES string of the molecule is C=P(c1ccccc1)(c1ccccc1)C(C)(C)C.CC.CC. The normalized spacial score (nSPS) is 10.7. The molecule has 0 nitrogen and oxygen atoms in total. The van der Waals surface area contributed by atoms with Crippen LogP contribution in [0.3, 0.4) is 0 Å². The van der Waals surface area contributed by atoms with Gasteiger partial charge in [-0.05, 0) is 15.8 Å². The molecule has 0 heterocycles. The Bertz CT molecular complexity index is 504. The maximum absolute atomic E-state index is 4.69. The van der Waals surface area contributed by atoms with Gasteiger partial charge in [0, 0.05) is 0 Å². The van der Waals surface area contributed by atoms with Crippen molar-refractivity contribution in [2.45, 2.75) is 53.6 Å². The molecule has 0 saturated heterocycles. The molecule has 0 aliphatic heterocycles. The lowest BCUT2D eigenvalue weighted by molar-refractivity contribution is 0.791. The standard InChI is InChI=1S/C17H21P.2C2H6/c1-17(2,3)18(4,15-11-7-5-8-12-15)16-13-9-6-10-14-16;2*1-2/h5-14H,4H2,1-3H3;2*1-2H3. The molecule has 0 unspecified atom stereocenters. The van der Waals surface area contributed by atoms with Crippen LogP contribution >= 0.6 is 6.89 Å². The zero-order valence-corrected chi connectivity index (χ0v) is 16.3. The van der Waals surface area contributed by atoms with Gasteiger partial charge in [0.1, 0.15) is 0 Å². The van der Waals surface area contributed by atoms with Crippen LogP contribution in [0, 0.1) is 0 Å². The van der Waals surface area contributed by atoms with Gasteiger partial charge < -0.3 is 0 Å². The van der Waals surface area contributed by atoms with Gasteiger partial charge in [-0.2, -0.15) is 0 Å². The second kappa shape index (κ2) is 9.70. The summed E-state index contributed by atoms with van der Waals surface area (Å²) in [6.07, 6.45) is 4.69. The topological polar surface area (TPSA) is 0 Å². The summed E-state index contributed by atoms with van der Waals surface area (Å²) < 4.78 is 0. The zero-order chi connectivity index (χ0) is 17.2. The molecular formula is C21H33P. The van der Waals surface area contributed by atoms with Gasteiger partial charge in [0.15, 0.2) is 0 Å². The van der Waals surface area contributed by atoms with Crippen molar-refractivity contribution in [3.05, 3.63) is 60.7 Å². The van der Waals surface area contributed by atoms with Crippen molar-refractivity contribution in [2.24, 2.45) is 0 Å². The summed E-state index contributed by atoms with van der Waals surface area (Å²) in [5, 5.41) is 2.92. The van der Waals surface area contributed by atoms with Crippen molar-refractivity contribution in [1.29, 1.82) is 0 Å². The molecule has 0 atom stereocenters. The predicted octanol–water partition coefficient (Wildman–Crippen LogP) is 5.94. The van der Waals surface area contributed by atoms with E-state index in [1.54, 1.807) is 0 Å². The minimum absolute atomic E-state index is 0.162. The fourth-order valence-corrected chi connectivity index (χ4v) is 5.50. The van der Waals surface area contributed by atoms with E-state index >= 15 is 0 Å². The molecular weight excluding hydrogens is 283 g/mol. The molecule has 0 amide bonds. The molecule has 0 bridgehead atoms. The minimum Gasteiger partial charge on any atom is -0.0922 e. The molecule has 0 aromatic heterocycles. The predicted molar refractivity (Wildman–Crippen MR) is 109 cm³/mol. The highest BCUT2D eigenvalue weighted by Crippen LogP contribution is 2.54. The van der Waals surface area contributed by atoms with Crippen molar-refractivity contribution >= 4 is 23.8 Å². The Labute approximate surface area is 138 Å². The lowest BCUT2D eigenvalue weighted by Crippen LogP contribution is -2.30. The van der Waals surface area contributed by atoms with Gasteiger partial charge in [0.2, 0.25) is 0 Å². The van der Waals surface area contributed by atoms with Crippen molar-refractivity contribution < 1.29 is 0 Å². The summed E-state index contributed by atoms with van der Waals surface area (Å²) in [5.74, 6) is 0. The lowest BCUT2D eigenvalue weighted by atomic mass is 10.2. The average Bonchev–Trinajstić information content (AvgIpc) is 2.58. The van der Waals surface area contributed by atoms with E-state index in [4.69, 9.17) is 6.30 Å². The van der Waals surface area contributed by atoms with Crippen molar-refractivity contribution in [1.82, 2.24) is 0 Å².